The molecule has 0 atom stereocenters. The predicted octanol–water partition coefficient (Wildman–Crippen LogP) is 2.17. The maximum atomic E-state index is 12.1. The van der Waals surface area contributed by atoms with Crippen LogP contribution in [0.3, 0.4) is 0 Å². The van der Waals surface area contributed by atoms with E-state index in [0.717, 1.165) is 0 Å². The Labute approximate surface area is 137 Å². The summed E-state index contributed by atoms with van der Waals surface area (Å²) in [7, 11) is -3.54. The van der Waals surface area contributed by atoms with Crippen LogP contribution in [0, 0.1) is 0 Å². The molecule has 132 valence electrons. The molecule has 8 heteroatoms. The first kappa shape index (κ1) is 20.0. The third-order valence-corrected chi connectivity index (χ3v) is 4.59. The number of ether oxygens (including phenoxy) is 3. The first-order chi connectivity index (χ1) is 10.8. The molecule has 0 aromatic heterocycles. The lowest BCUT2D eigenvalue weighted by molar-refractivity contribution is -0.318. The molecule has 0 bridgehead atoms. The van der Waals surface area contributed by atoms with Crippen LogP contribution < -0.4 is 0 Å². The molecule has 0 saturated carbocycles. The third kappa shape index (κ3) is 6.54. The summed E-state index contributed by atoms with van der Waals surface area (Å²) in [5.74, 6) is -0.426. The lowest BCUT2D eigenvalue weighted by Gasteiger charge is -2.21. The fraction of sp³-hybridized carbons (Fsp3) is 0.600. The van der Waals surface area contributed by atoms with E-state index in [1.165, 1.54) is 12.1 Å². The third-order valence-electron chi connectivity index (χ3n) is 3.12. The van der Waals surface area contributed by atoms with Crippen LogP contribution in [0.25, 0.3) is 0 Å². The summed E-state index contributed by atoms with van der Waals surface area (Å²) in [4.78, 5) is 4.51. The van der Waals surface area contributed by atoms with Crippen LogP contribution in [0.4, 0.5) is 0 Å². The second-order valence-corrected chi connectivity index (χ2v) is 7.22. The van der Waals surface area contributed by atoms with Crippen LogP contribution in [-0.2, 0) is 34.5 Å². The lowest BCUT2D eigenvalue weighted by atomic mass is 9.99. The fourth-order valence-electron chi connectivity index (χ4n) is 1.67. The van der Waals surface area contributed by atoms with Gasteiger partial charge in [0.05, 0.1) is 18.1 Å². The van der Waals surface area contributed by atoms with Gasteiger partial charge in [0, 0.05) is 6.61 Å². The first-order valence-corrected chi connectivity index (χ1v) is 8.88. The van der Waals surface area contributed by atoms with Gasteiger partial charge >= 0.3 is 0 Å². The normalized spacial score (nSPS) is 12.5. The minimum Gasteiger partial charge on any atom is -0.363 e. The minimum absolute atomic E-state index is 0.144. The van der Waals surface area contributed by atoms with E-state index in [9.17, 15) is 8.42 Å². The van der Waals surface area contributed by atoms with Crippen molar-refractivity contribution in [3.8, 4) is 0 Å². The molecule has 0 aliphatic carbocycles. The SMILES string of the molecule is CCOCOCCOCS(=O)(=O)c1ccc(C(C)(C)OO)cc1. The average Bonchev–Trinajstić information content (AvgIpc) is 2.54. The summed E-state index contributed by atoms with van der Waals surface area (Å²) in [6, 6.07) is 6.10. The Balaban J connectivity index is 2.50. The predicted molar refractivity (Wildman–Crippen MR) is 83.6 cm³/mol. The number of hydrogen-bond donors (Lipinski definition) is 1. The number of hydrogen-bond acceptors (Lipinski definition) is 7. The van der Waals surface area contributed by atoms with Crippen LogP contribution in [0.5, 0.6) is 0 Å². The van der Waals surface area contributed by atoms with E-state index in [-0.39, 0.29) is 24.9 Å². The Bertz CT molecular complexity index is 552. The summed E-state index contributed by atoms with van der Waals surface area (Å²) >= 11 is 0. The van der Waals surface area contributed by atoms with E-state index < -0.39 is 21.4 Å². The van der Waals surface area contributed by atoms with Crippen molar-refractivity contribution in [3.05, 3.63) is 29.8 Å². The van der Waals surface area contributed by atoms with E-state index in [1.807, 2.05) is 6.92 Å². The molecule has 0 aliphatic heterocycles. The van der Waals surface area contributed by atoms with Gasteiger partial charge in [0.2, 0.25) is 9.84 Å². The van der Waals surface area contributed by atoms with E-state index in [0.29, 0.717) is 12.2 Å². The van der Waals surface area contributed by atoms with Crippen LogP contribution >= 0.6 is 0 Å². The fourth-order valence-corrected chi connectivity index (χ4v) is 2.70. The highest BCUT2D eigenvalue weighted by molar-refractivity contribution is 7.91. The Hall–Kier alpha value is -1.03. The molecule has 1 aromatic rings. The quantitative estimate of drug-likeness (QED) is 0.284. The molecule has 0 fully saturated rings. The highest BCUT2D eigenvalue weighted by Crippen LogP contribution is 2.25. The smallest absolute Gasteiger partial charge is 0.202 e. The molecule has 7 nitrogen and oxygen atoms in total. The van der Waals surface area contributed by atoms with Gasteiger partial charge in [-0.1, -0.05) is 12.1 Å². The zero-order valence-corrected chi connectivity index (χ0v) is 14.5. The Morgan fingerprint density at radius 1 is 1.04 bits per heavy atom. The molecule has 0 amide bonds. The average molecular weight is 348 g/mol. The molecule has 0 aliphatic rings. The molecule has 23 heavy (non-hydrogen) atoms. The van der Waals surface area contributed by atoms with E-state index in [4.69, 9.17) is 19.5 Å². The van der Waals surface area contributed by atoms with Crippen molar-refractivity contribution in [1.29, 1.82) is 0 Å². The monoisotopic (exact) mass is 348 g/mol. The van der Waals surface area contributed by atoms with Crippen molar-refractivity contribution in [3.63, 3.8) is 0 Å². The zero-order valence-electron chi connectivity index (χ0n) is 13.6. The van der Waals surface area contributed by atoms with E-state index >= 15 is 0 Å². The zero-order chi connectivity index (χ0) is 17.3. The van der Waals surface area contributed by atoms with Gasteiger partial charge in [0.25, 0.3) is 0 Å². The highest BCUT2D eigenvalue weighted by atomic mass is 32.2. The molecule has 0 unspecified atom stereocenters. The largest absolute Gasteiger partial charge is 0.363 e. The van der Waals surface area contributed by atoms with Crippen LogP contribution in [0.1, 0.15) is 26.3 Å². The number of rotatable bonds is 11. The van der Waals surface area contributed by atoms with Gasteiger partial charge in [0.15, 0.2) is 5.94 Å². The second-order valence-electron chi connectivity index (χ2n) is 5.29. The number of sulfone groups is 1. The standard InChI is InChI=1S/C15H24O7S/c1-4-19-11-20-9-10-21-12-23(17,18)14-7-5-13(6-8-14)15(2,3)22-16/h5-8,16H,4,9-12H2,1-3H3. The molecule has 1 rings (SSSR count). The van der Waals surface area contributed by atoms with Gasteiger partial charge in [-0.05, 0) is 38.5 Å². The summed E-state index contributed by atoms with van der Waals surface area (Å²) in [5.41, 5.74) is -0.249. The molecule has 0 spiro atoms. The summed E-state index contributed by atoms with van der Waals surface area (Å²) in [6.07, 6.45) is 0. The number of benzene rings is 1. The topological polar surface area (TPSA) is 91.3 Å². The maximum Gasteiger partial charge on any atom is 0.202 e. The van der Waals surface area contributed by atoms with Gasteiger partial charge < -0.3 is 14.2 Å². The van der Waals surface area contributed by atoms with Crippen LogP contribution in [-0.4, -0.2) is 46.2 Å². The molecular weight excluding hydrogens is 324 g/mol. The highest BCUT2D eigenvalue weighted by Gasteiger charge is 2.22. The van der Waals surface area contributed by atoms with Gasteiger partial charge in [0.1, 0.15) is 12.4 Å². The van der Waals surface area contributed by atoms with Crippen LogP contribution in [0.15, 0.2) is 29.2 Å². The molecular formula is C15H24O7S. The summed E-state index contributed by atoms with van der Waals surface area (Å²) in [5, 5.41) is 8.84. The molecule has 0 radical (unpaired) electrons. The Morgan fingerprint density at radius 3 is 2.22 bits per heavy atom. The summed E-state index contributed by atoms with van der Waals surface area (Å²) in [6.45, 7) is 6.33. The molecule has 0 saturated heterocycles. The summed E-state index contributed by atoms with van der Waals surface area (Å²) < 4.78 is 39.4. The first-order valence-electron chi connectivity index (χ1n) is 7.22. The Morgan fingerprint density at radius 2 is 1.65 bits per heavy atom. The van der Waals surface area contributed by atoms with Crippen molar-refractivity contribution >= 4 is 9.84 Å². The van der Waals surface area contributed by atoms with Crippen LogP contribution in [0.2, 0.25) is 0 Å². The lowest BCUT2D eigenvalue weighted by Crippen LogP contribution is -2.20. The molecule has 1 N–H and O–H groups in total. The van der Waals surface area contributed by atoms with Gasteiger partial charge in [-0.2, -0.15) is 0 Å². The minimum atomic E-state index is -3.54. The van der Waals surface area contributed by atoms with Gasteiger partial charge in [-0.15, -0.1) is 0 Å². The second kappa shape index (κ2) is 9.31. The van der Waals surface area contributed by atoms with Gasteiger partial charge in [-0.3, -0.25) is 5.26 Å². The van der Waals surface area contributed by atoms with Crippen molar-refractivity contribution < 1.29 is 32.8 Å². The van der Waals surface area contributed by atoms with Crippen molar-refractivity contribution in [2.45, 2.75) is 31.3 Å². The Kier molecular flexibility index (Phi) is 8.10. The molecule has 1 aromatic carbocycles. The van der Waals surface area contributed by atoms with Crippen molar-refractivity contribution in [2.75, 3.05) is 32.6 Å². The van der Waals surface area contributed by atoms with Crippen molar-refractivity contribution in [1.82, 2.24) is 0 Å². The van der Waals surface area contributed by atoms with E-state index in [1.54, 1.807) is 26.0 Å². The van der Waals surface area contributed by atoms with E-state index in [2.05, 4.69) is 4.89 Å². The van der Waals surface area contributed by atoms with Gasteiger partial charge in [-0.25, -0.2) is 13.3 Å². The van der Waals surface area contributed by atoms with Crippen molar-refractivity contribution in [2.24, 2.45) is 0 Å². The maximum absolute atomic E-state index is 12.1. The molecule has 0 heterocycles.